The van der Waals surface area contributed by atoms with Crippen LogP contribution < -0.4 is 5.32 Å². The predicted octanol–water partition coefficient (Wildman–Crippen LogP) is 4.43. The van der Waals surface area contributed by atoms with E-state index in [1.165, 1.54) is 25.0 Å². The Bertz CT molecular complexity index is 1220. The Morgan fingerprint density at radius 1 is 0.972 bits per heavy atom. The number of hydrogen-bond acceptors (Lipinski definition) is 6. The molecule has 3 heterocycles. The van der Waals surface area contributed by atoms with E-state index in [1.54, 1.807) is 12.1 Å². The first-order chi connectivity index (χ1) is 17.4. The first kappa shape index (κ1) is 25.1. The molecular formula is C27H33FN4O3S. The van der Waals surface area contributed by atoms with Crippen LogP contribution in [0.5, 0.6) is 0 Å². The lowest BCUT2D eigenvalue weighted by molar-refractivity contribution is 0.0951. The zero-order valence-electron chi connectivity index (χ0n) is 20.3. The van der Waals surface area contributed by atoms with E-state index < -0.39 is 16.4 Å². The van der Waals surface area contributed by atoms with E-state index in [0.717, 1.165) is 37.3 Å². The molecule has 36 heavy (non-hydrogen) atoms. The molecule has 0 saturated carbocycles. The number of halogens is 1. The minimum absolute atomic E-state index is 0.221. The Labute approximate surface area is 212 Å². The Hall–Kier alpha value is -2.56. The summed E-state index contributed by atoms with van der Waals surface area (Å²) in [7, 11) is -2.40. The van der Waals surface area contributed by atoms with E-state index in [9.17, 15) is 18.3 Å². The summed E-state index contributed by atoms with van der Waals surface area (Å²) < 4.78 is 33.7. The first-order valence-electron chi connectivity index (χ1n) is 12.5. The van der Waals surface area contributed by atoms with E-state index in [2.05, 4.69) is 15.1 Å². The summed E-state index contributed by atoms with van der Waals surface area (Å²) >= 11 is 0. The van der Waals surface area contributed by atoms with Crippen molar-refractivity contribution in [3.63, 3.8) is 0 Å². The van der Waals surface area contributed by atoms with Gasteiger partial charge in [0.1, 0.15) is 5.82 Å². The highest BCUT2D eigenvalue weighted by molar-refractivity contribution is 8.24. The largest absolute Gasteiger partial charge is 0.351 e. The third kappa shape index (κ3) is 6.04. The Kier molecular flexibility index (Phi) is 7.55. The lowest BCUT2D eigenvalue weighted by Crippen LogP contribution is -2.37. The van der Waals surface area contributed by atoms with Crippen molar-refractivity contribution in [1.82, 2.24) is 20.1 Å². The van der Waals surface area contributed by atoms with Crippen LogP contribution in [0.15, 0.2) is 48.5 Å². The quantitative estimate of drug-likeness (QED) is 0.434. The predicted molar refractivity (Wildman–Crippen MR) is 143 cm³/mol. The summed E-state index contributed by atoms with van der Waals surface area (Å²) in [6.45, 7) is 5.59. The molecule has 5 rings (SSSR count). The summed E-state index contributed by atoms with van der Waals surface area (Å²) in [5, 5.41) is 3.51. The molecule has 0 spiro atoms. The Morgan fingerprint density at radius 2 is 1.69 bits per heavy atom. The number of pyridine rings is 1. The van der Waals surface area contributed by atoms with Gasteiger partial charge in [-0.25, -0.2) is 9.37 Å². The standard InChI is InChI=1S/C27H33FN4O3S/c28-22-7-8-25-23(17-22)24(27(33)29-9-12-31-10-1-2-11-31)18-26(30-25)21-5-3-20(4-6-21)19-32-13-15-36(34,35)16-14-32/h3-8,17-18,34-35H,1-2,9-16,19H2,(H,29,33). The highest BCUT2D eigenvalue weighted by atomic mass is 32.3. The van der Waals surface area contributed by atoms with Crippen LogP contribution in [-0.2, 0) is 6.54 Å². The van der Waals surface area contributed by atoms with Crippen LogP contribution in [0.1, 0.15) is 28.8 Å². The van der Waals surface area contributed by atoms with Crippen molar-refractivity contribution >= 4 is 27.4 Å². The van der Waals surface area contributed by atoms with Crippen LogP contribution >= 0.6 is 10.6 Å². The van der Waals surface area contributed by atoms with E-state index in [4.69, 9.17) is 4.98 Å². The number of hydrogen-bond donors (Lipinski definition) is 3. The van der Waals surface area contributed by atoms with Crippen LogP contribution in [0.3, 0.4) is 0 Å². The lowest BCUT2D eigenvalue weighted by atomic mass is 10.0. The SMILES string of the molecule is O=C(NCCN1CCCC1)c1cc(-c2ccc(CN3CCS(O)(O)CC3)cc2)nc2ccc(F)cc12. The van der Waals surface area contributed by atoms with Gasteiger partial charge >= 0.3 is 0 Å². The fraction of sp³-hybridized carbons (Fsp3) is 0.407. The number of nitrogens with one attached hydrogen (secondary N) is 1. The molecule has 7 nitrogen and oxygen atoms in total. The molecule has 2 aliphatic heterocycles. The van der Waals surface area contributed by atoms with Gasteiger partial charge in [0.2, 0.25) is 0 Å². The molecule has 1 aromatic heterocycles. The summed E-state index contributed by atoms with van der Waals surface area (Å²) in [5.41, 5.74) is 3.67. The van der Waals surface area contributed by atoms with Gasteiger partial charge in [0.25, 0.3) is 5.91 Å². The second-order valence-corrected chi connectivity index (χ2v) is 12.1. The molecule has 3 aromatic rings. The number of benzene rings is 2. The van der Waals surface area contributed by atoms with E-state index in [1.807, 2.05) is 24.3 Å². The molecule has 3 N–H and O–H groups in total. The highest BCUT2D eigenvalue weighted by Gasteiger charge is 2.22. The minimum atomic E-state index is -2.40. The van der Waals surface area contributed by atoms with Gasteiger partial charge in [-0.15, -0.1) is 0 Å². The summed E-state index contributed by atoms with van der Waals surface area (Å²) in [4.78, 5) is 22.4. The molecule has 2 aliphatic rings. The number of rotatable bonds is 7. The van der Waals surface area contributed by atoms with Crippen LogP contribution in [0.2, 0.25) is 0 Å². The molecule has 0 aliphatic carbocycles. The van der Waals surface area contributed by atoms with Gasteiger partial charge < -0.3 is 10.2 Å². The van der Waals surface area contributed by atoms with Crippen molar-refractivity contribution in [3.05, 3.63) is 65.5 Å². The normalized spacial score (nSPS) is 19.4. The number of fused-ring (bicyclic) bond motifs is 1. The van der Waals surface area contributed by atoms with Gasteiger partial charge in [0, 0.05) is 43.7 Å². The average Bonchev–Trinajstić information content (AvgIpc) is 3.39. The summed E-state index contributed by atoms with van der Waals surface area (Å²) in [6, 6.07) is 14.1. The van der Waals surface area contributed by atoms with Crippen molar-refractivity contribution in [3.8, 4) is 11.3 Å². The molecule has 2 saturated heterocycles. The molecule has 0 radical (unpaired) electrons. The number of aromatic nitrogens is 1. The zero-order valence-corrected chi connectivity index (χ0v) is 21.1. The smallest absolute Gasteiger partial charge is 0.252 e. The van der Waals surface area contributed by atoms with Crippen molar-refractivity contribution in [2.75, 3.05) is 50.8 Å². The Morgan fingerprint density at radius 3 is 2.42 bits per heavy atom. The number of carbonyl (C=O) groups excluding carboxylic acids is 1. The van der Waals surface area contributed by atoms with Gasteiger partial charge in [0.15, 0.2) is 0 Å². The average molecular weight is 513 g/mol. The fourth-order valence-electron chi connectivity index (χ4n) is 4.92. The molecule has 0 unspecified atom stereocenters. The molecule has 2 aromatic carbocycles. The van der Waals surface area contributed by atoms with Gasteiger partial charge in [-0.1, -0.05) is 24.3 Å². The maximum Gasteiger partial charge on any atom is 0.252 e. The topological polar surface area (TPSA) is 88.9 Å². The molecule has 192 valence electrons. The third-order valence-electron chi connectivity index (χ3n) is 7.05. The molecule has 9 heteroatoms. The maximum absolute atomic E-state index is 14.0. The van der Waals surface area contributed by atoms with Crippen LogP contribution in [0, 0.1) is 5.82 Å². The maximum atomic E-state index is 14.0. The number of carbonyl (C=O) groups is 1. The number of amides is 1. The number of likely N-dealkylation sites (tertiary alicyclic amines) is 1. The fourth-order valence-corrected chi connectivity index (χ4v) is 6.23. The molecular weight excluding hydrogens is 479 g/mol. The van der Waals surface area contributed by atoms with Gasteiger partial charge in [-0.3, -0.25) is 18.8 Å². The molecule has 0 atom stereocenters. The monoisotopic (exact) mass is 512 g/mol. The van der Waals surface area contributed by atoms with Crippen molar-refractivity contribution in [1.29, 1.82) is 0 Å². The Balaban J connectivity index is 1.33. The second-order valence-electron chi connectivity index (χ2n) is 9.70. The van der Waals surface area contributed by atoms with Crippen molar-refractivity contribution in [2.45, 2.75) is 19.4 Å². The summed E-state index contributed by atoms with van der Waals surface area (Å²) in [5.74, 6) is 0.234. The van der Waals surface area contributed by atoms with Crippen molar-refractivity contribution in [2.24, 2.45) is 0 Å². The highest BCUT2D eigenvalue weighted by Crippen LogP contribution is 2.40. The molecule has 1 amide bonds. The van der Waals surface area contributed by atoms with E-state index in [0.29, 0.717) is 53.3 Å². The van der Waals surface area contributed by atoms with Crippen LogP contribution in [-0.4, -0.2) is 80.6 Å². The summed E-state index contributed by atoms with van der Waals surface area (Å²) in [6.07, 6.45) is 2.41. The first-order valence-corrected chi connectivity index (χ1v) is 14.4. The molecule has 2 fully saturated rings. The van der Waals surface area contributed by atoms with Crippen molar-refractivity contribution < 1.29 is 18.3 Å². The van der Waals surface area contributed by atoms with E-state index >= 15 is 0 Å². The van der Waals surface area contributed by atoms with Gasteiger partial charge in [0.05, 0.1) is 28.3 Å². The van der Waals surface area contributed by atoms with E-state index in [-0.39, 0.29) is 5.91 Å². The lowest BCUT2D eigenvalue weighted by Gasteiger charge is -2.41. The second kappa shape index (κ2) is 10.8. The molecule has 0 bridgehead atoms. The van der Waals surface area contributed by atoms with Gasteiger partial charge in [-0.2, -0.15) is 10.6 Å². The van der Waals surface area contributed by atoms with Gasteiger partial charge in [-0.05, 0) is 55.8 Å². The minimum Gasteiger partial charge on any atom is -0.351 e. The number of nitrogens with zero attached hydrogens (tertiary/aromatic N) is 3. The van der Waals surface area contributed by atoms with Crippen LogP contribution in [0.25, 0.3) is 22.2 Å². The zero-order chi connectivity index (χ0) is 25.1. The van der Waals surface area contributed by atoms with Crippen LogP contribution in [0.4, 0.5) is 4.39 Å². The third-order valence-corrected chi connectivity index (χ3v) is 8.73.